The van der Waals surface area contributed by atoms with Crippen LogP contribution in [0.5, 0.6) is 17.2 Å². The number of methoxy groups -OCH3 is 1. The number of nitrogens with two attached hydrogens (primary N) is 2. The quantitative estimate of drug-likeness (QED) is 0.0927. The van der Waals surface area contributed by atoms with Crippen LogP contribution in [0.4, 0.5) is 0 Å². The van der Waals surface area contributed by atoms with Gasteiger partial charge < -0.3 is 46.1 Å². The minimum Gasteiger partial charge on any atom is -0.507 e. The van der Waals surface area contributed by atoms with E-state index in [9.17, 15) is 30.0 Å². The molecule has 2 aromatic carbocycles. The Balaban J connectivity index is 1.68. The average Bonchev–Trinajstić information content (AvgIpc) is 2.94. The number of hydrogen-bond donors (Lipinski definition) is 7. The summed E-state index contributed by atoms with van der Waals surface area (Å²) in [5, 5.41) is 49.2. The minimum atomic E-state index is -1.79. The number of hydrogen-bond acceptors (Lipinski definition) is 12. The van der Waals surface area contributed by atoms with Gasteiger partial charge in [0.15, 0.2) is 17.2 Å². The van der Waals surface area contributed by atoms with E-state index in [0.29, 0.717) is 0 Å². The maximum atomic E-state index is 13.8. The van der Waals surface area contributed by atoms with Gasteiger partial charge >= 0.3 is 0 Å². The molecule has 9 N–H and O–H groups in total. The third-order valence-corrected chi connectivity index (χ3v) is 8.24. The number of aliphatic hydroxyl groups is 2. The van der Waals surface area contributed by atoms with Gasteiger partial charge in [0.1, 0.15) is 22.8 Å². The predicted octanol–water partition coefficient (Wildman–Crippen LogP) is 0.649. The number of phenolic OH excluding ortho intramolecular Hbond substituents is 2. The number of carbonyl (C=O) groups is 2. The number of ether oxygens (including phenoxy) is 3. The number of hydrazone groups is 1. The molecule has 0 unspecified atom stereocenters. The van der Waals surface area contributed by atoms with E-state index in [0.717, 1.165) is 0 Å². The highest BCUT2D eigenvalue weighted by Crippen LogP contribution is 2.52. The zero-order valence-corrected chi connectivity index (χ0v) is 23.9. The van der Waals surface area contributed by atoms with Crippen LogP contribution >= 0.6 is 12.2 Å². The van der Waals surface area contributed by atoms with Gasteiger partial charge in [0, 0.05) is 42.0 Å². The standard InChI is InChI=1S/C28H32N4O9S/c1-10-22(33)14(29)7-17(40-10)41-16-9-28(38,11(2)31-32-27(30)42)8-13-19(16)26(37)21-20(24(13)35)23(34)12-5-4-6-15(39-3)18(12)25(21)36/h4-6,10,14,16-17,22,33,35,37-38H,7-9,29H2,1-3H3,(H3,30,32,42)/b31-11+/t10-,14+,16+,17-,22-,28-/m0/s1. The number of nitrogens with one attached hydrogen (secondary N) is 1. The first-order chi connectivity index (χ1) is 19.8. The topological polar surface area (TPSA) is 219 Å². The highest BCUT2D eigenvalue weighted by Gasteiger charge is 2.49. The van der Waals surface area contributed by atoms with Crippen molar-refractivity contribution in [2.45, 2.75) is 69.4 Å². The van der Waals surface area contributed by atoms with E-state index in [1.807, 2.05) is 0 Å². The number of nitrogens with zero attached hydrogens (tertiary/aromatic N) is 1. The number of ketones is 2. The SMILES string of the molecule is COc1cccc2c1C(=O)c1c(O)c3c(c(O)c1C2=O)C[C@@](O)(/C(C)=N/NC(N)=S)C[C@H]3O[C@H]1C[C@@H](N)[C@@H](O)[C@H](C)O1. The Labute approximate surface area is 246 Å². The van der Waals surface area contributed by atoms with Crippen LogP contribution in [-0.4, -0.2) is 80.1 Å². The number of rotatable bonds is 5. The summed E-state index contributed by atoms with van der Waals surface area (Å²) in [7, 11) is 1.35. The fourth-order valence-corrected chi connectivity index (χ4v) is 5.95. The fourth-order valence-electron chi connectivity index (χ4n) is 5.91. The molecule has 0 amide bonds. The lowest BCUT2D eigenvalue weighted by Gasteiger charge is -2.42. The minimum absolute atomic E-state index is 0.00137. The Morgan fingerprint density at radius 2 is 1.88 bits per heavy atom. The zero-order chi connectivity index (χ0) is 30.7. The summed E-state index contributed by atoms with van der Waals surface area (Å²) >= 11 is 4.81. The maximum Gasteiger partial charge on any atom is 0.202 e. The van der Waals surface area contributed by atoms with Crippen molar-refractivity contribution in [1.29, 1.82) is 0 Å². The number of phenols is 2. The Kier molecular flexibility index (Phi) is 7.72. The lowest BCUT2D eigenvalue weighted by Crippen LogP contribution is -2.52. The van der Waals surface area contributed by atoms with Crippen LogP contribution in [0.3, 0.4) is 0 Å². The van der Waals surface area contributed by atoms with Crippen LogP contribution in [0.1, 0.15) is 75.8 Å². The summed E-state index contributed by atoms with van der Waals surface area (Å²) in [5.41, 5.74) is 11.5. The van der Waals surface area contributed by atoms with Crippen molar-refractivity contribution < 1.29 is 44.2 Å². The normalized spacial score (nSPS) is 28.9. The number of aromatic hydroxyl groups is 2. The second-order valence-electron chi connectivity index (χ2n) is 10.8. The van der Waals surface area contributed by atoms with Gasteiger partial charge in [0.25, 0.3) is 0 Å². The van der Waals surface area contributed by atoms with Crippen molar-refractivity contribution in [3.05, 3.63) is 51.6 Å². The summed E-state index contributed by atoms with van der Waals surface area (Å²) in [6.07, 6.45) is -4.25. The molecule has 0 radical (unpaired) electrons. The third-order valence-electron chi connectivity index (χ3n) is 8.15. The molecule has 2 aliphatic carbocycles. The van der Waals surface area contributed by atoms with Crippen LogP contribution in [0.2, 0.25) is 0 Å². The summed E-state index contributed by atoms with van der Waals surface area (Å²) in [5.74, 6) is -2.46. The lowest BCUT2D eigenvalue weighted by molar-refractivity contribution is -0.245. The molecular formula is C28H32N4O9S. The van der Waals surface area contributed by atoms with Crippen molar-refractivity contribution in [2.24, 2.45) is 16.6 Å². The Bertz CT molecular complexity index is 1520. The van der Waals surface area contributed by atoms with Crippen molar-refractivity contribution >= 4 is 34.6 Å². The average molecular weight is 601 g/mol. The first-order valence-electron chi connectivity index (χ1n) is 13.2. The van der Waals surface area contributed by atoms with Gasteiger partial charge in [-0.25, -0.2) is 0 Å². The molecule has 1 aliphatic heterocycles. The van der Waals surface area contributed by atoms with Crippen molar-refractivity contribution in [2.75, 3.05) is 7.11 Å². The molecule has 2 aromatic rings. The van der Waals surface area contributed by atoms with Crippen LogP contribution in [0.25, 0.3) is 0 Å². The van der Waals surface area contributed by atoms with Crippen LogP contribution in [0.15, 0.2) is 23.3 Å². The number of fused-ring (bicyclic) bond motifs is 3. The molecule has 6 atom stereocenters. The van der Waals surface area contributed by atoms with Gasteiger partial charge in [0.05, 0.1) is 47.8 Å². The zero-order valence-electron chi connectivity index (χ0n) is 23.1. The van der Waals surface area contributed by atoms with Crippen molar-refractivity contribution in [1.82, 2.24) is 5.43 Å². The molecule has 1 fully saturated rings. The van der Waals surface area contributed by atoms with E-state index in [4.69, 9.17) is 37.9 Å². The monoisotopic (exact) mass is 600 g/mol. The molecule has 0 saturated carbocycles. The maximum absolute atomic E-state index is 13.8. The third kappa shape index (κ3) is 4.79. The molecule has 0 spiro atoms. The molecular weight excluding hydrogens is 568 g/mol. The van der Waals surface area contributed by atoms with Gasteiger partial charge in [-0.1, -0.05) is 12.1 Å². The van der Waals surface area contributed by atoms with E-state index in [1.165, 1.54) is 32.2 Å². The second-order valence-corrected chi connectivity index (χ2v) is 11.2. The predicted molar refractivity (Wildman–Crippen MR) is 153 cm³/mol. The molecule has 1 heterocycles. The Morgan fingerprint density at radius 1 is 1.19 bits per heavy atom. The molecule has 13 nitrogen and oxygen atoms in total. The molecule has 3 aliphatic rings. The van der Waals surface area contributed by atoms with Crippen molar-refractivity contribution in [3.63, 3.8) is 0 Å². The largest absolute Gasteiger partial charge is 0.507 e. The molecule has 14 heteroatoms. The molecule has 1 saturated heterocycles. The highest BCUT2D eigenvalue weighted by molar-refractivity contribution is 7.80. The number of thiocarbonyl (C=S) groups is 1. The number of benzene rings is 2. The Morgan fingerprint density at radius 3 is 2.52 bits per heavy atom. The second kappa shape index (κ2) is 10.9. The van der Waals surface area contributed by atoms with E-state index in [-0.39, 0.29) is 58.1 Å². The van der Waals surface area contributed by atoms with Gasteiger partial charge in [-0.05, 0) is 32.1 Å². The summed E-state index contributed by atoms with van der Waals surface area (Å²) in [6.45, 7) is 3.13. The van der Waals surface area contributed by atoms with Gasteiger partial charge in [-0.15, -0.1) is 0 Å². The number of carbonyl (C=O) groups excluding carboxylic acids is 2. The van der Waals surface area contributed by atoms with Crippen LogP contribution in [0, 0.1) is 0 Å². The van der Waals surface area contributed by atoms with Gasteiger partial charge in [-0.2, -0.15) is 5.10 Å². The number of aliphatic hydroxyl groups excluding tert-OH is 1. The van der Waals surface area contributed by atoms with Crippen LogP contribution < -0.4 is 21.6 Å². The van der Waals surface area contributed by atoms with E-state index >= 15 is 0 Å². The summed E-state index contributed by atoms with van der Waals surface area (Å²) in [6, 6.07) is 3.79. The van der Waals surface area contributed by atoms with Crippen molar-refractivity contribution in [3.8, 4) is 17.2 Å². The van der Waals surface area contributed by atoms with E-state index in [1.54, 1.807) is 6.92 Å². The molecule has 0 bridgehead atoms. The fraction of sp³-hybridized carbons (Fsp3) is 0.429. The smallest absolute Gasteiger partial charge is 0.202 e. The summed E-state index contributed by atoms with van der Waals surface area (Å²) in [4.78, 5) is 27.4. The first-order valence-corrected chi connectivity index (χ1v) is 13.6. The first kappa shape index (κ1) is 29.8. The molecule has 224 valence electrons. The van der Waals surface area contributed by atoms with Crippen LogP contribution in [-0.2, 0) is 15.9 Å². The summed E-state index contributed by atoms with van der Waals surface area (Å²) < 4.78 is 17.3. The molecule has 5 rings (SSSR count). The lowest BCUT2D eigenvalue weighted by atomic mass is 9.72. The highest BCUT2D eigenvalue weighted by atomic mass is 32.1. The molecule has 42 heavy (non-hydrogen) atoms. The Hall–Kier alpha value is -3.66. The van der Waals surface area contributed by atoms with Gasteiger partial charge in [0.2, 0.25) is 5.78 Å². The van der Waals surface area contributed by atoms with E-state index < -0.39 is 70.4 Å². The van der Waals surface area contributed by atoms with E-state index in [2.05, 4.69) is 10.5 Å². The molecule has 0 aromatic heterocycles. The van der Waals surface area contributed by atoms with Gasteiger partial charge in [-0.3, -0.25) is 15.0 Å².